The molecule has 1 aromatic rings. The standard InChI is InChI=1S/C22H39N5O2S.HI/c1-18(2)26-30(28,29)17-21-9-6-5-8-20(21)16-25-22(23-4)24-12-7-13-27-14-10-19(3)11-15-27;/h5-6,8-9,18-19,26H,7,10-17H2,1-4H3,(H2,23,24,25);1H. The van der Waals surface area contributed by atoms with Crippen molar-refractivity contribution in [1.29, 1.82) is 0 Å². The maximum atomic E-state index is 12.3. The van der Waals surface area contributed by atoms with Crippen LogP contribution in [0.3, 0.4) is 0 Å². The van der Waals surface area contributed by atoms with Crippen LogP contribution in [0.15, 0.2) is 29.3 Å². The zero-order valence-corrected chi connectivity index (χ0v) is 22.5. The Bertz CT molecular complexity index is 778. The second-order valence-corrected chi connectivity index (χ2v) is 10.3. The summed E-state index contributed by atoms with van der Waals surface area (Å²) >= 11 is 0. The number of hydrogen-bond acceptors (Lipinski definition) is 4. The van der Waals surface area contributed by atoms with E-state index in [4.69, 9.17) is 0 Å². The predicted octanol–water partition coefficient (Wildman–Crippen LogP) is 2.92. The predicted molar refractivity (Wildman–Crippen MR) is 140 cm³/mol. The Balaban J connectivity index is 0.00000480. The van der Waals surface area contributed by atoms with E-state index in [1.807, 2.05) is 38.1 Å². The molecule has 9 heteroatoms. The average Bonchev–Trinajstić information content (AvgIpc) is 2.68. The van der Waals surface area contributed by atoms with Gasteiger partial charge in [-0.15, -0.1) is 24.0 Å². The Morgan fingerprint density at radius 1 is 1.16 bits per heavy atom. The number of guanidine groups is 1. The molecule has 0 unspecified atom stereocenters. The lowest BCUT2D eigenvalue weighted by atomic mass is 9.99. The fourth-order valence-corrected chi connectivity index (χ4v) is 5.16. The van der Waals surface area contributed by atoms with Gasteiger partial charge in [-0.2, -0.15) is 0 Å². The molecule has 31 heavy (non-hydrogen) atoms. The molecule has 1 aromatic carbocycles. The van der Waals surface area contributed by atoms with Crippen LogP contribution in [0.2, 0.25) is 0 Å². The van der Waals surface area contributed by atoms with Gasteiger partial charge in [0.25, 0.3) is 0 Å². The molecule has 178 valence electrons. The number of hydrogen-bond donors (Lipinski definition) is 3. The quantitative estimate of drug-likeness (QED) is 0.176. The minimum absolute atomic E-state index is 0. The summed E-state index contributed by atoms with van der Waals surface area (Å²) in [6, 6.07) is 7.51. The highest BCUT2D eigenvalue weighted by atomic mass is 127. The molecular weight excluding hydrogens is 525 g/mol. The van der Waals surface area contributed by atoms with Gasteiger partial charge in [-0.3, -0.25) is 4.99 Å². The van der Waals surface area contributed by atoms with Crippen molar-refractivity contribution in [3.63, 3.8) is 0 Å². The van der Waals surface area contributed by atoms with Crippen molar-refractivity contribution >= 4 is 40.0 Å². The lowest BCUT2D eigenvalue weighted by Crippen LogP contribution is -2.39. The molecule has 7 nitrogen and oxygen atoms in total. The van der Waals surface area contributed by atoms with Crippen LogP contribution in [0.5, 0.6) is 0 Å². The molecule has 0 saturated carbocycles. The van der Waals surface area contributed by atoms with E-state index < -0.39 is 10.0 Å². The number of benzene rings is 1. The Morgan fingerprint density at radius 3 is 2.42 bits per heavy atom. The monoisotopic (exact) mass is 565 g/mol. The molecule has 0 bridgehead atoms. The van der Waals surface area contributed by atoms with Crippen LogP contribution in [-0.2, 0) is 22.3 Å². The first-order valence-corrected chi connectivity index (χ1v) is 12.7. The van der Waals surface area contributed by atoms with Crippen molar-refractivity contribution < 1.29 is 8.42 Å². The van der Waals surface area contributed by atoms with E-state index >= 15 is 0 Å². The Morgan fingerprint density at radius 2 is 1.81 bits per heavy atom. The summed E-state index contributed by atoms with van der Waals surface area (Å²) in [6.07, 6.45) is 3.68. The topological polar surface area (TPSA) is 85.8 Å². The smallest absolute Gasteiger partial charge is 0.216 e. The number of halogens is 1. The molecule has 1 aliphatic heterocycles. The number of likely N-dealkylation sites (tertiary alicyclic amines) is 1. The minimum Gasteiger partial charge on any atom is -0.356 e. The molecule has 1 heterocycles. The fraction of sp³-hybridized carbons (Fsp3) is 0.682. The van der Waals surface area contributed by atoms with Crippen LogP contribution in [0.25, 0.3) is 0 Å². The molecule has 0 amide bonds. The van der Waals surface area contributed by atoms with Gasteiger partial charge >= 0.3 is 0 Å². The van der Waals surface area contributed by atoms with Crippen LogP contribution >= 0.6 is 24.0 Å². The first kappa shape index (κ1) is 28.1. The van der Waals surface area contributed by atoms with Crippen molar-refractivity contribution in [2.24, 2.45) is 10.9 Å². The van der Waals surface area contributed by atoms with E-state index in [1.54, 1.807) is 7.05 Å². The third-order valence-corrected chi connectivity index (χ3v) is 6.89. The van der Waals surface area contributed by atoms with Gasteiger partial charge in [0, 0.05) is 26.2 Å². The maximum Gasteiger partial charge on any atom is 0.216 e. The molecule has 0 aliphatic carbocycles. The van der Waals surface area contributed by atoms with E-state index in [1.165, 1.54) is 25.9 Å². The second-order valence-electron chi connectivity index (χ2n) is 8.53. The Labute approximate surface area is 205 Å². The van der Waals surface area contributed by atoms with Gasteiger partial charge in [0.2, 0.25) is 10.0 Å². The van der Waals surface area contributed by atoms with Crippen LogP contribution in [0.1, 0.15) is 51.2 Å². The van der Waals surface area contributed by atoms with E-state index in [2.05, 4.69) is 32.2 Å². The fourth-order valence-electron chi connectivity index (χ4n) is 3.67. The van der Waals surface area contributed by atoms with E-state index in [0.29, 0.717) is 6.54 Å². The Hall–Kier alpha value is -0.910. The number of aliphatic imine (C=N–C) groups is 1. The van der Waals surface area contributed by atoms with E-state index in [9.17, 15) is 8.42 Å². The molecule has 1 saturated heterocycles. The van der Waals surface area contributed by atoms with Gasteiger partial charge in [-0.25, -0.2) is 13.1 Å². The summed E-state index contributed by atoms with van der Waals surface area (Å²) in [5, 5.41) is 6.67. The minimum atomic E-state index is -3.36. The molecule has 2 rings (SSSR count). The SMILES string of the molecule is CN=C(NCCCN1CCC(C)CC1)NCc1ccccc1CS(=O)(=O)NC(C)C.I. The molecule has 0 radical (unpaired) electrons. The Kier molecular flexibility index (Phi) is 13.0. The summed E-state index contributed by atoms with van der Waals surface area (Å²) in [6.45, 7) is 10.9. The highest BCUT2D eigenvalue weighted by Gasteiger charge is 2.16. The summed E-state index contributed by atoms with van der Waals surface area (Å²) in [4.78, 5) is 6.83. The lowest BCUT2D eigenvalue weighted by molar-refractivity contribution is 0.191. The number of rotatable bonds is 10. The number of sulfonamides is 1. The van der Waals surface area contributed by atoms with Gasteiger partial charge in [-0.1, -0.05) is 31.2 Å². The summed E-state index contributed by atoms with van der Waals surface area (Å²) in [7, 11) is -1.61. The van der Waals surface area contributed by atoms with Gasteiger partial charge in [0.05, 0.1) is 5.75 Å². The third-order valence-electron chi connectivity index (χ3n) is 5.37. The zero-order valence-electron chi connectivity index (χ0n) is 19.4. The largest absolute Gasteiger partial charge is 0.356 e. The molecule has 1 aliphatic rings. The van der Waals surface area contributed by atoms with E-state index in [0.717, 1.165) is 42.5 Å². The van der Waals surface area contributed by atoms with Gasteiger partial charge in [0.15, 0.2) is 5.96 Å². The first-order chi connectivity index (χ1) is 14.3. The molecular formula is C22H40IN5O2S. The number of nitrogens with zero attached hydrogens (tertiary/aromatic N) is 2. The van der Waals surface area contributed by atoms with Crippen molar-refractivity contribution in [3.8, 4) is 0 Å². The summed E-state index contributed by atoms with van der Waals surface area (Å²) < 4.78 is 27.3. The van der Waals surface area contributed by atoms with Crippen LogP contribution in [0, 0.1) is 5.92 Å². The van der Waals surface area contributed by atoms with Crippen LogP contribution in [-0.4, -0.2) is 58.5 Å². The van der Waals surface area contributed by atoms with Crippen molar-refractivity contribution in [2.45, 2.75) is 58.4 Å². The van der Waals surface area contributed by atoms with Gasteiger partial charge in [0.1, 0.15) is 0 Å². The summed E-state index contributed by atoms with van der Waals surface area (Å²) in [5.41, 5.74) is 1.75. The van der Waals surface area contributed by atoms with Crippen LogP contribution < -0.4 is 15.4 Å². The summed E-state index contributed by atoms with van der Waals surface area (Å²) in [5.74, 6) is 1.57. The molecule has 0 aromatic heterocycles. The normalized spacial score (nSPS) is 16.2. The van der Waals surface area contributed by atoms with Crippen molar-refractivity contribution in [2.75, 3.05) is 33.2 Å². The molecule has 0 spiro atoms. The van der Waals surface area contributed by atoms with Crippen molar-refractivity contribution in [3.05, 3.63) is 35.4 Å². The second kappa shape index (κ2) is 14.3. The van der Waals surface area contributed by atoms with Gasteiger partial charge < -0.3 is 15.5 Å². The first-order valence-electron chi connectivity index (χ1n) is 11.0. The lowest BCUT2D eigenvalue weighted by Gasteiger charge is -2.30. The molecule has 1 fully saturated rings. The average molecular weight is 566 g/mol. The van der Waals surface area contributed by atoms with E-state index in [-0.39, 0.29) is 35.8 Å². The van der Waals surface area contributed by atoms with Gasteiger partial charge in [-0.05, 0) is 69.8 Å². The molecule has 0 atom stereocenters. The van der Waals surface area contributed by atoms with Crippen LogP contribution in [0.4, 0.5) is 0 Å². The maximum absolute atomic E-state index is 12.3. The third kappa shape index (κ3) is 11.0. The number of piperidine rings is 1. The highest BCUT2D eigenvalue weighted by Crippen LogP contribution is 2.15. The molecule has 3 N–H and O–H groups in total. The highest BCUT2D eigenvalue weighted by molar-refractivity contribution is 14.0. The van der Waals surface area contributed by atoms with Crippen molar-refractivity contribution in [1.82, 2.24) is 20.3 Å². The zero-order chi connectivity index (χ0) is 22.0. The number of nitrogens with one attached hydrogen (secondary N) is 3.